The number of carbonyl (C=O) groups excluding carboxylic acids is 1. The second-order valence-corrected chi connectivity index (χ2v) is 9.21. The molecule has 2 aromatic carbocycles. The van der Waals surface area contributed by atoms with Gasteiger partial charge in [0.1, 0.15) is 0 Å². The fraction of sp³-hybridized carbons (Fsp3) is 0.500. The van der Waals surface area contributed by atoms with Gasteiger partial charge in [-0.05, 0) is 55.8 Å². The van der Waals surface area contributed by atoms with E-state index < -0.39 is 0 Å². The quantitative estimate of drug-likeness (QED) is 0.724. The van der Waals surface area contributed by atoms with Crippen LogP contribution in [0.3, 0.4) is 0 Å². The van der Waals surface area contributed by atoms with Crippen molar-refractivity contribution >= 4 is 23.0 Å². The molecule has 3 aliphatic heterocycles. The van der Waals surface area contributed by atoms with Gasteiger partial charge in [-0.3, -0.25) is 4.79 Å². The van der Waals surface area contributed by atoms with E-state index in [1.807, 2.05) is 4.90 Å². The van der Waals surface area contributed by atoms with E-state index in [0.29, 0.717) is 0 Å². The third-order valence-electron chi connectivity index (χ3n) is 7.16. The van der Waals surface area contributed by atoms with Gasteiger partial charge in [0.25, 0.3) is 0 Å². The number of anilines is 3. The molecule has 2 aromatic rings. The first-order valence-electron chi connectivity index (χ1n) is 11.9. The molecule has 0 bridgehead atoms. The third-order valence-corrected chi connectivity index (χ3v) is 7.16. The van der Waals surface area contributed by atoms with E-state index in [1.54, 1.807) is 0 Å². The number of hydrogen-bond donors (Lipinski definition) is 0. The van der Waals surface area contributed by atoms with Crippen LogP contribution in [0.1, 0.15) is 12.0 Å². The Morgan fingerprint density at radius 2 is 1.50 bits per heavy atom. The van der Waals surface area contributed by atoms with Crippen LogP contribution in [0.4, 0.5) is 17.1 Å². The number of morpholine rings is 1. The summed E-state index contributed by atoms with van der Waals surface area (Å²) in [5.41, 5.74) is 4.84. The predicted octanol–water partition coefficient (Wildman–Crippen LogP) is 2.87. The van der Waals surface area contributed by atoms with Crippen molar-refractivity contribution in [3.63, 3.8) is 0 Å². The van der Waals surface area contributed by atoms with Gasteiger partial charge in [0.15, 0.2) is 0 Å². The molecule has 0 spiro atoms. The van der Waals surface area contributed by atoms with Gasteiger partial charge in [0.05, 0.1) is 13.2 Å². The van der Waals surface area contributed by atoms with E-state index in [-0.39, 0.29) is 11.8 Å². The van der Waals surface area contributed by atoms with Crippen LogP contribution in [-0.2, 0) is 16.0 Å². The van der Waals surface area contributed by atoms with Crippen LogP contribution >= 0.6 is 0 Å². The fourth-order valence-corrected chi connectivity index (χ4v) is 5.15. The first-order chi connectivity index (χ1) is 15.7. The van der Waals surface area contributed by atoms with E-state index >= 15 is 0 Å². The summed E-state index contributed by atoms with van der Waals surface area (Å²) in [6.07, 6.45) is 1.74. The molecule has 1 amide bonds. The molecule has 6 heteroatoms. The Bertz CT molecular complexity index is 918. The number of hydrogen-bond acceptors (Lipinski definition) is 5. The molecule has 3 fully saturated rings. The lowest BCUT2D eigenvalue weighted by atomic mass is 9.96. The summed E-state index contributed by atoms with van der Waals surface area (Å²) in [5.74, 6) is 0.319. The van der Waals surface area contributed by atoms with Gasteiger partial charge < -0.3 is 24.3 Å². The molecule has 170 valence electrons. The Labute approximate surface area is 191 Å². The summed E-state index contributed by atoms with van der Waals surface area (Å²) in [7, 11) is 2.18. The van der Waals surface area contributed by atoms with Gasteiger partial charge in [0.2, 0.25) is 5.91 Å². The van der Waals surface area contributed by atoms with Crippen molar-refractivity contribution in [1.82, 2.24) is 4.90 Å². The van der Waals surface area contributed by atoms with Crippen molar-refractivity contribution in [3.8, 4) is 0 Å². The van der Waals surface area contributed by atoms with Crippen LogP contribution in [0.5, 0.6) is 0 Å². The highest BCUT2D eigenvalue weighted by molar-refractivity contribution is 5.97. The molecular formula is C26H34N4O2. The summed E-state index contributed by atoms with van der Waals surface area (Å²) in [6.45, 7) is 8.50. The average molecular weight is 435 g/mol. The van der Waals surface area contributed by atoms with Gasteiger partial charge in [-0.2, -0.15) is 0 Å². The molecule has 0 unspecified atom stereocenters. The summed E-state index contributed by atoms with van der Waals surface area (Å²) < 4.78 is 5.45. The molecule has 5 rings (SSSR count). The second kappa shape index (κ2) is 9.51. The molecule has 0 aliphatic carbocycles. The van der Waals surface area contributed by atoms with Gasteiger partial charge >= 0.3 is 0 Å². The Morgan fingerprint density at radius 3 is 2.25 bits per heavy atom. The smallest absolute Gasteiger partial charge is 0.230 e. The number of rotatable bonds is 5. The minimum absolute atomic E-state index is 0.0579. The number of piperazine rings is 1. The van der Waals surface area contributed by atoms with Crippen molar-refractivity contribution < 1.29 is 9.53 Å². The Hall–Kier alpha value is -2.57. The topological polar surface area (TPSA) is 39.3 Å². The van der Waals surface area contributed by atoms with Crippen molar-refractivity contribution in [3.05, 3.63) is 54.1 Å². The van der Waals surface area contributed by atoms with E-state index in [1.165, 1.54) is 16.9 Å². The standard InChI is InChI=1S/C26H34N4O2/c1-27-12-14-29(15-13-27)25-5-3-2-4-21(25)20-22-10-11-30(26(22)31)24-8-6-23(7-9-24)28-16-18-32-19-17-28/h2-9,22H,10-20H2,1H3/t22-/m0/s1. The molecule has 6 nitrogen and oxygen atoms in total. The zero-order valence-electron chi connectivity index (χ0n) is 19.1. The van der Waals surface area contributed by atoms with Crippen molar-refractivity contribution in [2.45, 2.75) is 12.8 Å². The maximum Gasteiger partial charge on any atom is 0.230 e. The van der Waals surface area contributed by atoms with Crippen LogP contribution in [0, 0.1) is 5.92 Å². The molecule has 0 radical (unpaired) electrons. The first-order valence-corrected chi connectivity index (χ1v) is 11.9. The maximum atomic E-state index is 13.3. The highest BCUT2D eigenvalue weighted by Crippen LogP contribution is 2.32. The number of para-hydroxylation sites is 1. The normalized spacial score (nSPS) is 22.6. The maximum absolute atomic E-state index is 13.3. The Morgan fingerprint density at radius 1 is 0.812 bits per heavy atom. The minimum Gasteiger partial charge on any atom is -0.378 e. The molecule has 0 N–H and O–H groups in total. The third kappa shape index (κ3) is 4.48. The molecule has 0 aromatic heterocycles. The highest BCUT2D eigenvalue weighted by Gasteiger charge is 2.33. The van der Waals surface area contributed by atoms with E-state index in [4.69, 9.17) is 4.74 Å². The molecular weight excluding hydrogens is 400 g/mol. The number of likely N-dealkylation sites (N-methyl/N-ethyl adjacent to an activating group) is 1. The summed E-state index contributed by atoms with van der Waals surface area (Å²) in [6, 6.07) is 17.1. The second-order valence-electron chi connectivity index (χ2n) is 9.21. The molecule has 3 aliphatic rings. The lowest BCUT2D eigenvalue weighted by molar-refractivity contribution is -0.120. The summed E-state index contributed by atoms with van der Waals surface area (Å²) in [4.78, 5) is 22.5. The van der Waals surface area contributed by atoms with Gasteiger partial charge in [0, 0.05) is 68.8 Å². The van der Waals surface area contributed by atoms with Crippen molar-refractivity contribution in [2.75, 3.05) is 80.8 Å². The molecule has 1 atom stereocenters. The first kappa shape index (κ1) is 21.3. The minimum atomic E-state index is 0.0579. The largest absolute Gasteiger partial charge is 0.378 e. The average Bonchev–Trinajstić information content (AvgIpc) is 3.20. The lowest BCUT2D eigenvalue weighted by Gasteiger charge is -2.35. The lowest BCUT2D eigenvalue weighted by Crippen LogP contribution is -2.44. The van der Waals surface area contributed by atoms with Crippen LogP contribution in [-0.4, -0.2) is 76.9 Å². The molecule has 32 heavy (non-hydrogen) atoms. The van der Waals surface area contributed by atoms with Gasteiger partial charge in [-0.25, -0.2) is 0 Å². The van der Waals surface area contributed by atoms with E-state index in [9.17, 15) is 4.79 Å². The number of carbonyl (C=O) groups is 1. The monoisotopic (exact) mass is 434 g/mol. The number of amides is 1. The van der Waals surface area contributed by atoms with Crippen LogP contribution in [0.25, 0.3) is 0 Å². The molecule has 0 saturated carbocycles. The zero-order valence-corrected chi connectivity index (χ0v) is 19.1. The number of nitrogens with zero attached hydrogens (tertiary/aromatic N) is 4. The highest BCUT2D eigenvalue weighted by atomic mass is 16.5. The van der Waals surface area contributed by atoms with Crippen LogP contribution in [0.2, 0.25) is 0 Å². The molecule has 3 heterocycles. The van der Waals surface area contributed by atoms with Gasteiger partial charge in [-0.15, -0.1) is 0 Å². The van der Waals surface area contributed by atoms with Crippen LogP contribution < -0.4 is 14.7 Å². The summed E-state index contributed by atoms with van der Waals surface area (Å²) >= 11 is 0. The Balaban J connectivity index is 1.25. The number of ether oxygens (including phenoxy) is 1. The zero-order chi connectivity index (χ0) is 21.9. The van der Waals surface area contributed by atoms with E-state index in [0.717, 1.165) is 77.6 Å². The Kier molecular flexibility index (Phi) is 6.32. The van der Waals surface area contributed by atoms with Crippen molar-refractivity contribution in [2.24, 2.45) is 5.92 Å². The van der Waals surface area contributed by atoms with Gasteiger partial charge in [-0.1, -0.05) is 18.2 Å². The van der Waals surface area contributed by atoms with Crippen molar-refractivity contribution in [1.29, 1.82) is 0 Å². The predicted molar refractivity (Wildman–Crippen MR) is 130 cm³/mol. The molecule has 3 saturated heterocycles. The fourth-order valence-electron chi connectivity index (χ4n) is 5.15. The van der Waals surface area contributed by atoms with Crippen LogP contribution in [0.15, 0.2) is 48.5 Å². The SMILES string of the molecule is CN1CCN(c2ccccc2C[C@@H]2CCN(c3ccc(N4CCOCC4)cc3)C2=O)CC1. The summed E-state index contributed by atoms with van der Waals surface area (Å²) in [5, 5.41) is 0. The van der Waals surface area contributed by atoms with E-state index in [2.05, 4.69) is 70.3 Å². The number of benzene rings is 2.